The van der Waals surface area contributed by atoms with Crippen molar-refractivity contribution in [1.82, 2.24) is 4.90 Å². The second-order valence-electron chi connectivity index (χ2n) is 10.6. The summed E-state index contributed by atoms with van der Waals surface area (Å²) in [5, 5.41) is 9.12. The molecule has 0 aromatic heterocycles. The zero-order chi connectivity index (χ0) is 22.5. The minimum Gasteiger partial charge on any atom is -0.478 e. The Labute approximate surface area is 191 Å². The van der Waals surface area contributed by atoms with Crippen LogP contribution in [0.25, 0.3) is 5.57 Å². The molecule has 4 heteroatoms. The molecule has 0 radical (unpaired) electrons. The van der Waals surface area contributed by atoms with E-state index in [-0.39, 0.29) is 5.41 Å². The molecule has 3 aliphatic rings. The van der Waals surface area contributed by atoms with Crippen LogP contribution in [0.1, 0.15) is 55.1 Å². The summed E-state index contributed by atoms with van der Waals surface area (Å²) in [7, 11) is 0. The van der Waals surface area contributed by atoms with Crippen LogP contribution in [0.15, 0.2) is 54.6 Å². The Balaban J connectivity index is 1.28. The number of piperazine rings is 1. The smallest absolute Gasteiger partial charge is 0.335 e. The van der Waals surface area contributed by atoms with Crippen LogP contribution >= 0.6 is 0 Å². The van der Waals surface area contributed by atoms with Crippen LogP contribution in [0.5, 0.6) is 0 Å². The van der Waals surface area contributed by atoms with Crippen molar-refractivity contribution in [2.45, 2.75) is 40.2 Å². The molecule has 0 unspecified atom stereocenters. The maximum Gasteiger partial charge on any atom is 0.335 e. The molecule has 0 spiro atoms. The number of carboxylic acid groups (broad SMARTS) is 1. The first-order valence-electron chi connectivity index (χ1n) is 11.9. The third-order valence-electron chi connectivity index (χ3n) is 8.82. The van der Waals surface area contributed by atoms with E-state index in [4.69, 9.17) is 5.11 Å². The topological polar surface area (TPSA) is 43.8 Å². The van der Waals surface area contributed by atoms with E-state index in [9.17, 15) is 4.79 Å². The molecule has 5 rings (SSSR count). The zero-order valence-electron chi connectivity index (χ0n) is 19.5. The largest absolute Gasteiger partial charge is 0.478 e. The first-order chi connectivity index (χ1) is 15.3. The number of nitrogens with zero attached hydrogens (tertiary/aromatic N) is 2. The van der Waals surface area contributed by atoms with E-state index >= 15 is 0 Å². The number of hydrogen-bond donors (Lipinski definition) is 1. The van der Waals surface area contributed by atoms with Gasteiger partial charge in [0.2, 0.25) is 0 Å². The maximum atomic E-state index is 11.1. The van der Waals surface area contributed by atoms with Gasteiger partial charge in [0.05, 0.1) is 5.56 Å². The number of rotatable bonds is 5. The third kappa shape index (κ3) is 3.36. The normalized spacial score (nSPS) is 26.9. The molecule has 2 aromatic carbocycles. The van der Waals surface area contributed by atoms with E-state index in [0.29, 0.717) is 16.9 Å². The van der Waals surface area contributed by atoms with Crippen molar-refractivity contribution >= 4 is 17.2 Å². The number of carbonyl (C=O) groups is 1. The van der Waals surface area contributed by atoms with Crippen molar-refractivity contribution in [1.29, 1.82) is 0 Å². The lowest BCUT2D eigenvalue weighted by Gasteiger charge is -2.39. The fraction of sp³-hybridized carbons (Fsp3) is 0.464. The highest BCUT2D eigenvalue weighted by Gasteiger charge is 2.57. The SMILES string of the molecule is CC1(C)[C@H]2C=C(c3ccccc3CN3CCN(c4ccc(C(=O)O)cc4)CC3)[C@]1(C)CC2. The molecular weight excluding hydrogens is 396 g/mol. The van der Waals surface area contributed by atoms with E-state index in [1.165, 1.54) is 24.0 Å². The van der Waals surface area contributed by atoms with Gasteiger partial charge in [-0.3, -0.25) is 4.90 Å². The number of benzene rings is 2. The molecule has 168 valence electrons. The van der Waals surface area contributed by atoms with Crippen LogP contribution in [-0.2, 0) is 6.54 Å². The van der Waals surface area contributed by atoms with Crippen LogP contribution in [0.4, 0.5) is 5.69 Å². The fourth-order valence-corrected chi connectivity index (χ4v) is 6.22. The molecule has 0 amide bonds. The molecule has 1 N–H and O–H groups in total. The lowest BCUT2D eigenvalue weighted by molar-refractivity contribution is 0.0697. The monoisotopic (exact) mass is 430 g/mol. The second kappa shape index (κ2) is 7.77. The predicted octanol–water partition coefficient (Wildman–Crippen LogP) is 5.55. The number of carboxylic acids is 1. The quantitative estimate of drug-likeness (QED) is 0.676. The van der Waals surface area contributed by atoms with Gasteiger partial charge in [0, 0.05) is 38.4 Å². The van der Waals surface area contributed by atoms with Crippen LogP contribution in [-0.4, -0.2) is 42.2 Å². The highest BCUT2D eigenvalue weighted by molar-refractivity contribution is 5.88. The average Bonchev–Trinajstić information content (AvgIpc) is 3.14. The fourth-order valence-electron chi connectivity index (χ4n) is 6.22. The van der Waals surface area contributed by atoms with Gasteiger partial charge < -0.3 is 10.0 Å². The molecule has 32 heavy (non-hydrogen) atoms. The maximum absolute atomic E-state index is 11.1. The van der Waals surface area contributed by atoms with E-state index in [1.54, 1.807) is 17.7 Å². The minimum absolute atomic E-state index is 0.272. The van der Waals surface area contributed by atoms with Gasteiger partial charge in [0.15, 0.2) is 0 Å². The standard InChI is InChI=1S/C28H34N2O2/c1-27(2)22-12-13-28(27,3)25(18-22)24-7-5-4-6-21(24)19-29-14-16-30(17-15-29)23-10-8-20(9-11-23)26(31)32/h4-11,18,22H,12-17,19H2,1-3H3,(H,31,32)/t22-,28+/m1/s1. The Morgan fingerprint density at radius 1 is 1.00 bits per heavy atom. The first-order valence-corrected chi connectivity index (χ1v) is 11.9. The highest BCUT2D eigenvalue weighted by Crippen LogP contribution is 2.67. The highest BCUT2D eigenvalue weighted by atomic mass is 16.4. The number of hydrogen-bond acceptors (Lipinski definition) is 3. The number of fused-ring (bicyclic) bond motifs is 2. The Kier molecular flexibility index (Phi) is 5.16. The van der Waals surface area contributed by atoms with Crippen molar-refractivity contribution in [3.8, 4) is 0 Å². The Hall–Kier alpha value is -2.59. The number of anilines is 1. The molecule has 2 fully saturated rings. The van der Waals surface area contributed by atoms with Crippen molar-refractivity contribution in [3.05, 3.63) is 71.3 Å². The Morgan fingerprint density at radius 2 is 1.69 bits per heavy atom. The van der Waals surface area contributed by atoms with Gasteiger partial charge in [0.25, 0.3) is 0 Å². The van der Waals surface area contributed by atoms with Crippen LogP contribution in [0.2, 0.25) is 0 Å². The zero-order valence-corrected chi connectivity index (χ0v) is 19.5. The molecule has 2 aliphatic carbocycles. The van der Waals surface area contributed by atoms with E-state index in [2.05, 4.69) is 60.9 Å². The van der Waals surface area contributed by atoms with E-state index in [0.717, 1.165) is 38.4 Å². The number of allylic oxidation sites excluding steroid dienone is 2. The Morgan fingerprint density at radius 3 is 2.28 bits per heavy atom. The average molecular weight is 431 g/mol. The van der Waals surface area contributed by atoms with Gasteiger partial charge >= 0.3 is 5.97 Å². The second-order valence-corrected chi connectivity index (χ2v) is 10.6. The summed E-state index contributed by atoms with van der Waals surface area (Å²) in [4.78, 5) is 16.0. The van der Waals surface area contributed by atoms with Crippen LogP contribution in [0.3, 0.4) is 0 Å². The lowest BCUT2D eigenvalue weighted by atomic mass is 9.66. The Bertz CT molecular complexity index is 1050. The first kappa shape index (κ1) is 21.3. The van der Waals surface area contributed by atoms with Crippen molar-refractivity contribution in [3.63, 3.8) is 0 Å². The molecule has 1 saturated heterocycles. The molecule has 1 heterocycles. The molecular formula is C28H34N2O2. The van der Waals surface area contributed by atoms with E-state index in [1.807, 2.05) is 12.1 Å². The molecule has 2 atom stereocenters. The molecule has 4 nitrogen and oxygen atoms in total. The van der Waals surface area contributed by atoms with Gasteiger partial charge in [-0.05, 0) is 70.6 Å². The summed E-state index contributed by atoms with van der Waals surface area (Å²) in [6.45, 7) is 12.3. The van der Waals surface area contributed by atoms with Gasteiger partial charge in [-0.25, -0.2) is 4.79 Å². The van der Waals surface area contributed by atoms with E-state index < -0.39 is 5.97 Å². The summed E-state index contributed by atoms with van der Waals surface area (Å²) in [5.74, 6) is -0.172. The molecule has 2 bridgehead atoms. The third-order valence-corrected chi connectivity index (χ3v) is 8.82. The van der Waals surface area contributed by atoms with Crippen LogP contribution in [0, 0.1) is 16.7 Å². The van der Waals surface area contributed by atoms with Gasteiger partial charge in [0.1, 0.15) is 0 Å². The molecule has 1 saturated carbocycles. The molecule has 1 aliphatic heterocycles. The molecule has 2 aromatic rings. The van der Waals surface area contributed by atoms with Crippen molar-refractivity contribution in [2.24, 2.45) is 16.7 Å². The van der Waals surface area contributed by atoms with Gasteiger partial charge in [-0.2, -0.15) is 0 Å². The summed E-state index contributed by atoms with van der Waals surface area (Å²) in [5.41, 5.74) is 6.55. The summed E-state index contributed by atoms with van der Waals surface area (Å²) in [6, 6.07) is 16.3. The number of aromatic carboxylic acids is 1. The predicted molar refractivity (Wildman–Crippen MR) is 130 cm³/mol. The van der Waals surface area contributed by atoms with Crippen molar-refractivity contribution in [2.75, 3.05) is 31.1 Å². The van der Waals surface area contributed by atoms with Crippen LogP contribution < -0.4 is 4.90 Å². The lowest BCUT2D eigenvalue weighted by Crippen LogP contribution is -2.46. The van der Waals surface area contributed by atoms with Crippen molar-refractivity contribution < 1.29 is 9.90 Å². The van der Waals surface area contributed by atoms with Gasteiger partial charge in [-0.15, -0.1) is 0 Å². The van der Waals surface area contributed by atoms with Gasteiger partial charge in [-0.1, -0.05) is 51.1 Å². The summed E-state index contributed by atoms with van der Waals surface area (Å²) < 4.78 is 0. The summed E-state index contributed by atoms with van der Waals surface area (Å²) in [6.07, 6.45) is 5.20. The summed E-state index contributed by atoms with van der Waals surface area (Å²) >= 11 is 0. The minimum atomic E-state index is -0.872.